The van der Waals surface area contributed by atoms with Crippen LogP contribution >= 0.6 is 11.6 Å². The van der Waals surface area contributed by atoms with Crippen LogP contribution in [0.5, 0.6) is 5.75 Å². The average molecular weight is 445 g/mol. The molecule has 6 nitrogen and oxygen atoms in total. The summed E-state index contributed by atoms with van der Waals surface area (Å²) in [4.78, 5) is 12.5. The van der Waals surface area contributed by atoms with Crippen molar-refractivity contribution in [3.8, 4) is 5.75 Å². The fraction of sp³-hybridized carbons (Fsp3) is 0.136. The number of anilines is 1. The first-order valence-corrected chi connectivity index (χ1v) is 11.0. The van der Waals surface area contributed by atoms with Gasteiger partial charge in [0.2, 0.25) is 0 Å². The maximum atomic E-state index is 12.5. The van der Waals surface area contributed by atoms with Crippen molar-refractivity contribution in [2.75, 3.05) is 18.4 Å². The Morgan fingerprint density at radius 1 is 1.00 bits per heavy atom. The van der Waals surface area contributed by atoms with Crippen LogP contribution < -0.4 is 14.8 Å². The zero-order chi connectivity index (χ0) is 21.6. The predicted molar refractivity (Wildman–Crippen MR) is 118 cm³/mol. The van der Waals surface area contributed by atoms with Crippen LogP contribution in [0, 0.1) is 0 Å². The van der Waals surface area contributed by atoms with E-state index in [4.69, 9.17) is 16.3 Å². The molecule has 1 amide bonds. The molecule has 0 aromatic heterocycles. The summed E-state index contributed by atoms with van der Waals surface area (Å²) in [5.74, 6) is 0.236. The van der Waals surface area contributed by atoms with Crippen molar-refractivity contribution >= 4 is 33.2 Å². The number of hydrogen-bond acceptors (Lipinski definition) is 4. The molecule has 0 atom stereocenters. The van der Waals surface area contributed by atoms with E-state index >= 15 is 0 Å². The molecule has 8 heteroatoms. The van der Waals surface area contributed by atoms with E-state index in [-0.39, 0.29) is 27.1 Å². The summed E-state index contributed by atoms with van der Waals surface area (Å²) in [6, 6.07) is 20.2. The maximum absolute atomic E-state index is 12.5. The molecule has 0 unspecified atom stereocenters. The van der Waals surface area contributed by atoms with Gasteiger partial charge in [0.05, 0.1) is 28.3 Å². The monoisotopic (exact) mass is 444 g/mol. The topological polar surface area (TPSA) is 84.5 Å². The summed E-state index contributed by atoms with van der Waals surface area (Å²) in [6.45, 7) is 0.463. The number of sulfonamides is 1. The van der Waals surface area contributed by atoms with Gasteiger partial charge in [0, 0.05) is 6.54 Å². The molecule has 0 spiro atoms. The van der Waals surface area contributed by atoms with Gasteiger partial charge in [-0.1, -0.05) is 41.9 Å². The van der Waals surface area contributed by atoms with Crippen molar-refractivity contribution < 1.29 is 17.9 Å². The molecule has 2 N–H and O–H groups in total. The highest BCUT2D eigenvalue weighted by Crippen LogP contribution is 2.24. The number of methoxy groups -OCH3 is 1. The van der Waals surface area contributed by atoms with Gasteiger partial charge in [-0.25, -0.2) is 8.42 Å². The second-order valence-corrected chi connectivity index (χ2v) is 8.56. The van der Waals surface area contributed by atoms with Gasteiger partial charge in [-0.05, 0) is 54.4 Å². The summed E-state index contributed by atoms with van der Waals surface area (Å²) < 4.78 is 32.6. The lowest BCUT2D eigenvalue weighted by Crippen LogP contribution is -2.26. The van der Waals surface area contributed by atoms with Crippen molar-refractivity contribution in [3.63, 3.8) is 0 Å². The number of rotatable bonds is 8. The summed E-state index contributed by atoms with van der Waals surface area (Å²) in [5, 5.41) is 2.97. The second kappa shape index (κ2) is 9.65. The molecule has 156 valence electrons. The number of hydrogen-bond donors (Lipinski definition) is 2. The zero-order valence-corrected chi connectivity index (χ0v) is 17.8. The quantitative estimate of drug-likeness (QED) is 0.547. The van der Waals surface area contributed by atoms with Gasteiger partial charge in [0.15, 0.2) is 0 Å². The Bertz CT molecular complexity index is 1120. The van der Waals surface area contributed by atoms with Crippen LogP contribution in [0.4, 0.5) is 5.69 Å². The fourth-order valence-corrected chi connectivity index (χ4v) is 4.11. The average Bonchev–Trinajstić information content (AvgIpc) is 2.74. The van der Waals surface area contributed by atoms with E-state index in [0.717, 1.165) is 5.56 Å². The molecule has 0 aliphatic rings. The summed E-state index contributed by atoms with van der Waals surface area (Å²) in [6.07, 6.45) is 0.698. The fourth-order valence-electron chi connectivity index (χ4n) is 2.79. The zero-order valence-electron chi connectivity index (χ0n) is 16.3. The molecule has 0 aliphatic carbocycles. The lowest BCUT2D eigenvalue weighted by molar-refractivity contribution is 0.0954. The standard InChI is InChI=1S/C22H21ClN2O4S/c1-29-18-8-10-19(11-9-18)30(27,28)25-17-7-12-20(21(23)15-17)22(26)24-14-13-16-5-3-2-4-6-16/h2-12,15,25H,13-14H2,1H3,(H,24,26). The van der Waals surface area contributed by atoms with E-state index in [1.165, 1.54) is 37.4 Å². The van der Waals surface area contributed by atoms with Crippen molar-refractivity contribution in [1.82, 2.24) is 5.32 Å². The lowest BCUT2D eigenvalue weighted by Gasteiger charge is -2.11. The van der Waals surface area contributed by atoms with Crippen LogP contribution in [-0.2, 0) is 16.4 Å². The van der Waals surface area contributed by atoms with Crippen LogP contribution in [0.1, 0.15) is 15.9 Å². The molecule has 0 saturated heterocycles. The van der Waals surface area contributed by atoms with Crippen LogP contribution in [0.2, 0.25) is 5.02 Å². The highest BCUT2D eigenvalue weighted by Gasteiger charge is 2.16. The van der Waals surface area contributed by atoms with Crippen LogP contribution in [0.3, 0.4) is 0 Å². The number of carbonyl (C=O) groups is 1. The molecule has 0 bridgehead atoms. The molecule has 0 saturated carbocycles. The first-order valence-electron chi connectivity index (χ1n) is 9.17. The Morgan fingerprint density at radius 2 is 1.70 bits per heavy atom. The van der Waals surface area contributed by atoms with Gasteiger partial charge in [-0.3, -0.25) is 9.52 Å². The van der Waals surface area contributed by atoms with E-state index in [1.54, 1.807) is 12.1 Å². The minimum atomic E-state index is -3.80. The molecular weight excluding hydrogens is 424 g/mol. The lowest BCUT2D eigenvalue weighted by atomic mass is 10.1. The Morgan fingerprint density at radius 3 is 2.33 bits per heavy atom. The molecule has 0 heterocycles. The molecule has 3 aromatic rings. The van der Waals surface area contributed by atoms with E-state index in [9.17, 15) is 13.2 Å². The van der Waals surface area contributed by atoms with Gasteiger partial charge in [-0.2, -0.15) is 0 Å². The van der Waals surface area contributed by atoms with Crippen LogP contribution in [0.15, 0.2) is 77.7 Å². The summed E-state index contributed by atoms with van der Waals surface area (Å²) in [7, 11) is -2.29. The Kier molecular flexibility index (Phi) is 6.97. The number of amides is 1. The minimum Gasteiger partial charge on any atom is -0.497 e. The van der Waals surface area contributed by atoms with Crippen LogP contribution in [-0.4, -0.2) is 28.0 Å². The number of carbonyl (C=O) groups excluding carboxylic acids is 1. The number of ether oxygens (including phenoxy) is 1. The molecule has 0 radical (unpaired) electrons. The molecule has 0 aliphatic heterocycles. The van der Waals surface area contributed by atoms with Gasteiger partial charge in [0.25, 0.3) is 15.9 Å². The summed E-state index contributed by atoms with van der Waals surface area (Å²) in [5.41, 5.74) is 1.65. The minimum absolute atomic E-state index is 0.0853. The third kappa shape index (κ3) is 5.52. The smallest absolute Gasteiger partial charge is 0.261 e. The predicted octanol–water partition coefficient (Wildman–Crippen LogP) is 4.12. The third-order valence-corrected chi connectivity index (χ3v) is 6.09. The highest BCUT2D eigenvalue weighted by molar-refractivity contribution is 7.92. The Hall–Kier alpha value is -3.03. The SMILES string of the molecule is COc1ccc(S(=O)(=O)Nc2ccc(C(=O)NCCc3ccccc3)c(Cl)c2)cc1. The molecule has 30 heavy (non-hydrogen) atoms. The second-order valence-electron chi connectivity index (χ2n) is 6.47. The number of halogens is 1. The van der Waals surface area contributed by atoms with Crippen molar-refractivity contribution in [2.24, 2.45) is 0 Å². The Balaban J connectivity index is 1.64. The Labute approximate surface area is 180 Å². The van der Waals surface area contributed by atoms with E-state index in [0.29, 0.717) is 18.7 Å². The molecule has 3 rings (SSSR count). The van der Waals surface area contributed by atoms with Gasteiger partial charge >= 0.3 is 0 Å². The van der Waals surface area contributed by atoms with Gasteiger partial charge < -0.3 is 10.1 Å². The normalized spacial score (nSPS) is 11.0. The molecular formula is C22H21ClN2O4S. The first kappa shape index (κ1) is 21.7. The molecule has 0 fully saturated rings. The van der Waals surface area contributed by atoms with Crippen molar-refractivity contribution in [2.45, 2.75) is 11.3 Å². The molecule has 3 aromatic carbocycles. The van der Waals surface area contributed by atoms with Gasteiger partial charge in [0.1, 0.15) is 5.75 Å². The van der Waals surface area contributed by atoms with Crippen molar-refractivity contribution in [1.29, 1.82) is 0 Å². The highest BCUT2D eigenvalue weighted by atomic mass is 35.5. The van der Waals surface area contributed by atoms with E-state index in [2.05, 4.69) is 10.0 Å². The first-order chi connectivity index (χ1) is 14.4. The van der Waals surface area contributed by atoms with Gasteiger partial charge in [-0.15, -0.1) is 0 Å². The number of nitrogens with one attached hydrogen (secondary N) is 2. The largest absolute Gasteiger partial charge is 0.497 e. The third-order valence-electron chi connectivity index (χ3n) is 4.38. The summed E-state index contributed by atoms with van der Waals surface area (Å²) >= 11 is 6.22. The van der Waals surface area contributed by atoms with E-state index < -0.39 is 10.0 Å². The van der Waals surface area contributed by atoms with Crippen LogP contribution in [0.25, 0.3) is 0 Å². The maximum Gasteiger partial charge on any atom is 0.261 e. The van der Waals surface area contributed by atoms with E-state index in [1.807, 2.05) is 30.3 Å². The van der Waals surface area contributed by atoms with Crippen molar-refractivity contribution in [3.05, 3.63) is 88.9 Å². The number of benzene rings is 3.